The number of benzene rings is 1. The van der Waals surface area contributed by atoms with Crippen LogP contribution in [0.1, 0.15) is 6.42 Å². The summed E-state index contributed by atoms with van der Waals surface area (Å²) in [5, 5.41) is 3.50. The lowest BCUT2D eigenvalue weighted by molar-refractivity contribution is -0.0191. The minimum absolute atomic E-state index is 0.162. The summed E-state index contributed by atoms with van der Waals surface area (Å²) in [7, 11) is 0. The van der Waals surface area contributed by atoms with Gasteiger partial charge in [0.15, 0.2) is 6.29 Å². The molecule has 0 aromatic heterocycles. The number of nitrogens with one attached hydrogen (secondary N) is 1. The SMILES string of the molecule is c1ccc2c(c1)N=C1C[C@@H](N2)[C@@H]2CO[C@H]1O2. The Bertz CT molecular complexity index is 472. The highest BCUT2D eigenvalue weighted by Gasteiger charge is 2.43. The van der Waals surface area contributed by atoms with Gasteiger partial charge in [-0.2, -0.15) is 0 Å². The number of ether oxygens (including phenoxy) is 2. The van der Waals surface area contributed by atoms with E-state index in [1.54, 1.807) is 0 Å². The molecule has 16 heavy (non-hydrogen) atoms. The van der Waals surface area contributed by atoms with Crippen LogP contribution in [-0.4, -0.2) is 30.8 Å². The molecule has 3 heterocycles. The topological polar surface area (TPSA) is 42.9 Å². The zero-order chi connectivity index (χ0) is 10.5. The van der Waals surface area contributed by atoms with Gasteiger partial charge in [-0.05, 0) is 12.1 Å². The van der Waals surface area contributed by atoms with E-state index in [9.17, 15) is 0 Å². The molecule has 1 N–H and O–H groups in total. The molecule has 3 aliphatic rings. The van der Waals surface area contributed by atoms with Crippen LogP contribution >= 0.6 is 0 Å². The first-order valence-electron chi connectivity index (χ1n) is 5.60. The first-order valence-corrected chi connectivity index (χ1v) is 5.60. The maximum atomic E-state index is 5.76. The molecule has 1 aromatic rings. The minimum atomic E-state index is -0.214. The van der Waals surface area contributed by atoms with Crippen molar-refractivity contribution in [2.75, 3.05) is 11.9 Å². The van der Waals surface area contributed by atoms with Crippen LogP contribution in [0.25, 0.3) is 0 Å². The van der Waals surface area contributed by atoms with Crippen molar-refractivity contribution in [3.8, 4) is 0 Å². The van der Waals surface area contributed by atoms with Gasteiger partial charge in [-0.15, -0.1) is 0 Å². The molecule has 0 radical (unpaired) electrons. The number of nitrogens with zero attached hydrogens (tertiary/aromatic N) is 1. The summed E-state index contributed by atoms with van der Waals surface area (Å²) in [6.45, 7) is 0.670. The number of hydrogen-bond donors (Lipinski definition) is 1. The van der Waals surface area contributed by atoms with Crippen LogP contribution in [0, 0.1) is 0 Å². The van der Waals surface area contributed by atoms with Crippen LogP contribution < -0.4 is 5.32 Å². The van der Waals surface area contributed by atoms with Gasteiger partial charge in [-0.25, -0.2) is 0 Å². The van der Waals surface area contributed by atoms with E-state index in [4.69, 9.17) is 9.47 Å². The first kappa shape index (κ1) is 8.73. The molecule has 2 saturated heterocycles. The fourth-order valence-corrected chi connectivity index (χ4v) is 2.55. The Morgan fingerprint density at radius 2 is 2.25 bits per heavy atom. The number of anilines is 1. The molecule has 4 nitrogen and oxygen atoms in total. The van der Waals surface area contributed by atoms with Crippen molar-refractivity contribution >= 4 is 17.1 Å². The Hall–Kier alpha value is -1.39. The van der Waals surface area contributed by atoms with Gasteiger partial charge in [0.1, 0.15) is 6.10 Å². The van der Waals surface area contributed by atoms with Gasteiger partial charge in [-0.3, -0.25) is 4.99 Å². The van der Waals surface area contributed by atoms with Crippen LogP contribution in [0.4, 0.5) is 11.4 Å². The number of hydrogen-bond acceptors (Lipinski definition) is 4. The predicted molar refractivity (Wildman–Crippen MR) is 60.2 cm³/mol. The van der Waals surface area contributed by atoms with E-state index in [-0.39, 0.29) is 12.4 Å². The van der Waals surface area contributed by atoms with Crippen molar-refractivity contribution in [2.24, 2.45) is 4.99 Å². The average molecular weight is 216 g/mol. The molecule has 4 heteroatoms. The molecule has 3 atom stereocenters. The second-order valence-electron chi connectivity index (χ2n) is 4.42. The van der Waals surface area contributed by atoms with Crippen molar-refractivity contribution in [3.05, 3.63) is 24.3 Å². The molecular weight excluding hydrogens is 204 g/mol. The maximum Gasteiger partial charge on any atom is 0.197 e. The van der Waals surface area contributed by atoms with Crippen molar-refractivity contribution in [1.29, 1.82) is 0 Å². The monoisotopic (exact) mass is 216 g/mol. The average Bonchev–Trinajstić information content (AvgIpc) is 2.66. The van der Waals surface area contributed by atoms with Crippen LogP contribution in [0.15, 0.2) is 29.3 Å². The van der Waals surface area contributed by atoms with Gasteiger partial charge in [-0.1, -0.05) is 12.1 Å². The van der Waals surface area contributed by atoms with Gasteiger partial charge in [0.05, 0.1) is 29.7 Å². The summed E-state index contributed by atoms with van der Waals surface area (Å²) in [4.78, 5) is 4.64. The number of aliphatic imine (C=N–C) groups is 1. The third-order valence-electron chi connectivity index (χ3n) is 3.37. The molecule has 4 rings (SSSR count). The van der Waals surface area contributed by atoms with Crippen molar-refractivity contribution in [1.82, 2.24) is 0 Å². The molecule has 0 saturated carbocycles. The minimum Gasteiger partial charge on any atom is -0.377 e. The highest BCUT2D eigenvalue weighted by molar-refractivity contribution is 5.94. The van der Waals surface area contributed by atoms with Crippen molar-refractivity contribution in [2.45, 2.75) is 24.9 Å². The van der Waals surface area contributed by atoms with Crippen LogP contribution in [0.2, 0.25) is 0 Å². The van der Waals surface area contributed by atoms with Crippen molar-refractivity contribution < 1.29 is 9.47 Å². The molecule has 1 aromatic carbocycles. The predicted octanol–water partition coefficient (Wildman–Crippen LogP) is 1.70. The summed E-state index contributed by atoms with van der Waals surface area (Å²) < 4.78 is 11.3. The molecule has 2 fully saturated rings. The second-order valence-corrected chi connectivity index (χ2v) is 4.42. The Balaban J connectivity index is 1.87. The molecule has 4 bridgehead atoms. The van der Waals surface area contributed by atoms with E-state index in [0.717, 1.165) is 23.5 Å². The fourth-order valence-electron chi connectivity index (χ4n) is 2.55. The van der Waals surface area contributed by atoms with E-state index in [1.807, 2.05) is 18.2 Å². The maximum absolute atomic E-state index is 5.76. The highest BCUT2D eigenvalue weighted by atomic mass is 16.7. The van der Waals surface area contributed by atoms with Gasteiger partial charge >= 0.3 is 0 Å². The fraction of sp³-hybridized carbons (Fsp3) is 0.417. The third-order valence-corrected chi connectivity index (χ3v) is 3.37. The summed E-state index contributed by atoms with van der Waals surface area (Å²) in [5.74, 6) is 0. The quantitative estimate of drug-likeness (QED) is 0.717. The van der Waals surface area contributed by atoms with Gasteiger partial charge in [0.25, 0.3) is 0 Å². The Morgan fingerprint density at radius 1 is 1.31 bits per heavy atom. The smallest absolute Gasteiger partial charge is 0.197 e. The summed E-state index contributed by atoms with van der Waals surface area (Å²) in [5.41, 5.74) is 3.09. The second kappa shape index (κ2) is 3.06. The lowest BCUT2D eigenvalue weighted by Gasteiger charge is -2.27. The molecule has 0 unspecified atom stereocenters. The van der Waals surface area contributed by atoms with E-state index in [1.165, 1.54) is 0 Å². The normalized spacial score (nSPS) is 34.8. The molecule has 0 aliphatic carbocycles. The Labute approximate surface area is 93.3 Å². The number of rotatable bonds is 0. The molecule has 0 spiro atoms. The highest BCUT2D eigenvalue weighted by Crippen LogP contribution is 2.36. The van der Waals surface area contributed by atoms with Gasteiger partial charge in [0, 0.05) is 6.42 Å². The lowest BCUT2D eigenvalue weighted by atomic mass is 10.0. The number of fused-ring (bicyclic) bond motifs is 7. The van der Waals surface area contributed by atoms with E-state index in [2.05, 4.69) is 16.4 Å². The number of para-hydroxylation sites is 2. The lowest BCUT2D eigenvalue weighted by Crippen LogP contribution is -2.42. The Kier molecular flexibility index (Phi) is 1.67. The molecule has 0 amide bonds. The van der Waals surface area contributed by atoms with Gasteiger partial charge in [0.2, 0.25) is 0 Å². The summed E-state index contributed by atoms with van der Waals surface area (Å²) in [6, 6.07) is 8.40. The molecule has 3 aliphatic heterocycles. The zero-order valence-electron chi connectivity index (χ0n) is 8.72. The Morgan fingerprint density at radius 3 is 3.25 bits per heavy atom. The largest absolute Gasteiger partial charge is 0.377 e. The van der Waals surface area contributed by atoms with Crippen LogP contribution in [0.3, 0.4) is 0 Å². The van der Waals surface area contributed by atoms with E-state index < -0.39 is 0 Å². The standard InChI is InChI=1S/C12H12N2O2/c1-2-4-8-7(3-1)13-9-5-10(14-8)12-15-6-11(9)16-12/h1-4,9,11-13H,5-6H2/t9-,11+,12+/m1/s1. The third kappa shape index (κ3) is 1.14. The molecule has 82 valence electrons. The molecular formula is C12H12N2O2. The zero-order valence-corrected chi connectivity index (χ0v) is 8.72. The van der Waals surface area contributed by atoms with E-state index in [0.29, 0.717) is 12.6 Å². The van der Waals surface area contributed by atoms with Crippen LogP contribution in [0.5, 0.6) is 0 Å². The van der Waals surface area contributed by atoms with Gasteiger partial charge < -0.3 is 14.8 Å². The summed E-state index contributed by atoms with van der Waals surface area (Å²) >= 11 is 0. The summed E-state index contributed by atoms with van der Waals surface area (Å²) in [6.07, 6.45) is 0.869. The van der Waals surface area contributed by atoms with Crippen LogP contribution in [-0.2, 0) is 9.47 Å². The van der Waals surface area contributed by atoms with E-state index >= 15 is 0 Å². The first-order chi connectivity index (χ1) is 7.90. The van der Waals surface area contributed by atoms with Crippen molar-refractivity contribution in [3.63, 3.8) is 0 Å².